The summed E-state index contributed by atoms with van der Waals surface area (Å²) in [5.74, 6) is 1.99. The zero-order chi connectivity index (χ0) is 17.1. The number of carbonyl (C=O) groups excluding carboxylic acids is 1. The van der Waals surface area contributed by atoms with Crippen molar-refractivity contribution in [2.45, 2.75) is 25.8 Å². The quantitative estimate of drug-likeness (QED) is 0.929. The molecule has 1 aliphatic rings. The average molecular weight is 331 g/mol. The van der Waals surface area contributed by atoms with E-state index in [1.54, 1.807) is 37.3 Å². The fourth-order valence-electron chi connectivity index (χ4n) is 2.93. The van der Waals surface area contributed by atoms with Crippen LogP contribution in [0.5, 0.6) is 11.5 Å². The van der Waals surface area contributed by atoms with Gasteiger partial charge in [-0.3, -0.25) is 0 Å². The summed E-state index contributed by atoms with van der Waals surface area (Å²) in [6.45, 7) is 2.53. The molecule has 0 radical (unpaired) electrons. The van der Waals surface area contributed by atoms with Gasteiger partial charge in [0.2, 0.25) is 0 Å². The maximum Gasteiger partial charge on any atom is 0.322 e. The lowest BCUT2D eigenvalue weighted by atomic mass is 10.1. The molecule has 0 bridgehead atoms. The Balaban J connectivity index is 1.76. The van der Waals surface area contributed by atoms with Crippen molar-refractivity contribution in [2.24, 2.45) is 0 Å². The van der Waals surface area contributed by atoms with Crippen molar-refractivity contribution in [3.8, 4) is 11.5 Å². The second-order valence-electron chi connectivity index (χ2n) is 5.75. The van der Waals surface area contributed by atoms with E-state index >= 15 is 0 Å². The lowest BCUT2D eigenvalue weighted by Gasteiger charge is -2.23. The summed E-state index contributed by atoms with van der Waals surface area (Å²) in [5.41, 5.74) is 1.42. The molecule has 24 heavy (non-hydrogen) atoms. The van der Waals surface area contributed by atoms with E-state index in [0.717, 1.165) is 24.3 Å². The molecule has 2 aromatic rings. The molecule has 1 aromatic carbocycles. The normalized spacial score (nSPS) is 17.0. The second kappa shape index (κ2) is 6.82. The molecule has 7 nitrogen and oxygen atoms in total. The number of benzene rings is 1. The van der Waals surface area contributed by atoms with E-state index in [9.17, 15) is 4.79 Å². The molecule has 1 fully saturated rings. The summed E-state index contributed by atoms with van der Waals surface area (Å²) >= 11 is 0. The molecular weight excluding hydrogens is 310 g/mol. The number of urea groups is 1. The van der Waals surface area contributed by atoms with Gasteiger partial charge in [-0.15, -0.1) is 0 Å². The molecule has 7 heteroatoms. The molecule has 1 atom stereocenters. The highest BCUT2D eigenvalue weighted by Gasteiger charge is 2.32. The Hall–Kier alpha value is -2.70. The molecule has 0 aliphatic carbocycles. The van der Waals surface area contributed by atoms with Gasteiger partial charge in [0, 0.05) is 36.5 Å². The first kappa shape index (κ1) is 16.2. The number of ether oxygens (including phenoxy) is 2. The second-order valence-corrected chi connectivity index (χ2v) is 5.75. The van der Waals surface area contributed by atoms with Gasteiger partial charge in [0.25, 0.3) is 0 Å². The highest BCUT2D eigenvalue weighted by atomic mass is 16.5. The van der Waals surface area contributed by atoms with Crippen molar-refractivity contribution >= 4 is 11.7 Å². The molecule has 1 aromatic heterocycles. The van der Waals surface area contributed by atoms with Gasteiger partial charge in [0.05, 0.1) is 20.3 Å². The van der Waals surface area contributed by atoms with E-state index in [0.29, 0.717) is 23.7 Å². The Morgan fingerprint density at radius 2 is 1.96 bits per heavy atom. The van der Waals surface area contributed by atoms with Crippen molar-refractivity contribution < 1.29 is 18.8 Å². The van der Waals surface area contributed by atoms with Crippen LogP contribution in [0, 0.1) is 6.92 Å². The Kier molecular flexibility index (Phi) is 4.59. The highest BCUT2D eigenvalue weighted by molar-refractivity contribution is 5.90. The fraction of sp³-hybridized carbons (Fsp3) is 0.412. The standard InChI is InChI=1S/C17H21N3O4/c1-11-7-15(19-24-11)16-5-4-6-20(16)17(21)18-12-8-13(22-2)10-14(9-12)23-3/h7-10,16H,4-6H2,1-3H3,(H,18,21)/t16-/m0/s1. The van der Waals surface area contributed by atoms with Gasteiger partial charge in [-0.05, 0) is 19.8 Å². The molecule has 128 valence electrons. The first-order valence-corrected chi connectivity index (χ1v) is 7.84. The third-order valence-corrected chi connectivity index (χ3v) is 4.10. The monoisotopic (exact) mass is 331 g/mol. The van der Waals surface area contributed by atoms with Crippen molar-refractivity contribution in [3.05, 3.63) is 35.7 Å². The van der Waals surface area contributed by atoms with Crippen molar-refractivity contribution in [3.63, 3.8) is 0 Å². The van der Waals surface area contributed by atoms with Crippen molar-refractivity contribution in [1.82, 2.24) is 10.1 Å². The van der Waals surface area contributed by atoms with Crippen LogP contribution in [0.4, 0.5) is 10.5 Å². The molecule has 1 saturated heterocycles. The minimum Gasteiger partial charge on any atom is -0.497 e. The number of likely N-dealkylation sites (tertiary alicyclic amines) is 1. The number of carbonyl (C=O) groups is 1. The lowest BCUT2D eigenvalue weighted by molar-refractivity contribution is 0.204. The number of aromatic nitrogens is 1. The molecule has 2 amide bonds. The summed E-state index contributed by atoms with van der Waals surface area (Å²) in [5, 5.41) is 6.96. The van der Waals surface area contributed by atoms with Crippen molar-refractivity contribution in [2.75, 3.05) is 26.1 Å². The Labute approximate surface area is 140 Å². The number of anilines is 1. The Morgan fingerprint density at radius 3 is 2.54 bits per heavy atom. The first-order chi connectivity index (χ1) is 11.6. The van der Waals surface area contributed by atoms with Gasteiger partial charge in [-0.25, -0.2) is 4.79 Å². The van der Waals surface area contributed by atoms with Crippen LogP contribution in [0.2, 0.25) is 0 Å². The van der Waals surface area contributed by atoms with E-state index in [1.807, 2.05) is 13.0 Å². The van der Waals surface area contributed by atoms with E-state index in [2.05, 4.69) is 10.5 Å². The molecular formula is C17H21N3O4. The van der Waals surface area contributed by atoms with Gasteiger partial charge in [-0.1, -0.05) is 5.16 Å². The van der Waals surface area contributed by atoms with Crippen LogP contribution >= 0.6 is 0 Å². The summed E-state index contributed by atoms with van der Waals surface area (Å²) < 4.78 is 15.6. The number of nitrogens with one attached hydrogen (secondary N) is 1. The van der Waals surface area contributed by atoms with Crippen LogP contribution in [0.15, 0.2) is 28.8 Å². The van der Waals surface area contributed by atoms with Gasteiger partial charge in [0.1, 0.15) is 23.0 Å². The minimum absolute atomic E-state index is 0.0602. The smallest absolute Gasteiger partial charge is 0.322 e. The molecule has 0 saturated carbocycles. The lowest BCUT2D eigenvalue weighted by Crippen LogP contribution is -2.34. The SMILES string of the molecule is COc1cc(NC(=O)N2CCC[C@H]2c2cc(C)on2)cc(OC)c1. The van der Waals surface area contributed by atoms with E-state index < -0.39 is 0 Å². The summed E-state index contributed by atoms with van der Waals surface area (Å²) in [7, 11) is 3.15. The summed E-state index contributed by atoms with van der Waals surface area (Å²) in [6, 6.07) is 6.91. The number of hydrogen-bond donors (Lipinski definition) is 1. The maximum absolute atomic E-state index is 12.7. The Morgan fingerprint density at radius 1 is 1.25 bits per heavy atom. The Bertz CT molecular complexity index is 706. The van der Waals surface area contributed by atoms with E-state index in [-0.39, 0.29) is 12.1 Å². The molecule has 0 unspecified atom stereocenters. The maximum atomic E-state index is 12.7. The molecule has 1 N–H and O–H groups in total. The van der Waals surface area contributed by atoms with Gasteiger partial charge >= 0.3 is 6.03 Å². The average Bonchev–Trinajstić information content (AvgIpc) is 3.22. The third-order valence-electron chi connectivity index (χ3n) is 4.10. The van der Waals surface area contributed by atoms with Crippen LogP contribution in [-0.4, -0.2) is 36.9 Å². The fourth-order valence-corrected chi connectivity index (χ4v) is 2.93. The number of methoxy groups -OCH3 is 2. The number of hydrogen-bond acceptors (Lipinski definition) is 5. The number of amides is 2. The number of aryl methyl sites for hydroxylation is 1. The van der Waals surface area contributed by atoms with Crippen LogP contribution in [-0.2, 0) is 0 Å². The predicted molar refractivity (Wildman–Crippen MR) is 88.5 cm³/mol. The van der Waals surface area contributed by atoms with Crippen LogP contribution in [0.3, 0.4) is 0 Å². The van der Waals surface area contributed by atoms with Gasteiger partial charge in [-0.2, -0.15) is 0 Å². The molecule has 1 aliphatic heterocycles. The minimum atomic E-state index is -0.173. The summed E-state index contributed by atoms with van der Waals surface area (Å²) in [4.78, 5) is 14.5. The highest BCUT2D eigenvalue weighted by Crippen LogP contribution is 2.33. The predicted octanol–water partition coefficient (Wildman–Crippen LogP) is 3.37. The number of nitrogens with zero attached hydrogens (tertiary/aromatic N) is 2. The van der Waals surface area contributed by atoms with Crippen LogP contribution in [0.1, 0.15) is 30.3 Å². The third kappa shape index (κ3) is 3.29. The van der Waals surface area contributed by atoms with Crippen LogP contribution in [0.25, 0.3) is 0 Å². The van der Waals surface area contributed by atoms with E-state index in [4.69, 9.17) is 14.0 Å². The number of rotatable bonds is 4. The van der Waals surface area contributed by atoms with Gasteiger partial charge in [0.15, 0.2) is 0 Å². The molecule has 0 spiro atoms. The molecule has 2 heterocycles. The van der Waals surface area contributed by atoms with E-state index in [1.165, 1.54) is 0 Å². The zero-order valence-electron chi connectivity index (χ0n) is 14.0. The van der Waals surface area contributed by atoms with Crippen LogP contribution < -0.4 is 14.8 Å². The zero-order valence-corrected chi connectivity index (χ0v) is 14.0. The summed E-state index contributed by atoms with van der Waals surface area (Å²) in [6.07, 6.45) is 1.81. The van der Waals surface area contributed by atoms with Crippen molar-refractivity contribution in [1.29, 1.82) is 0 Å². The molecule has 3 rings (SSSR count). The first-order valence-electron chi connectivity index (χ1n) is 7.84. The largest absolute Gasteiger partial charge is 0.497 e. The topological polar surface area (TPSA) is 76.8 Å². The van der Waals surface area contributed by atoms with Gasteiger partial charge < -0.3 is 24.2 Å².